The molecule has 0 saturated carbocycles. The lowest BCUT2D eigenvalue weighted by atomic mass is 10.1. The SMILES string of the molecule is Cc1cccc(C(=O)N(C)CCCCCO)c1Cl. The van der Waals surface area contributed by atoms with Crippen LogP contribution in [0.15, 0.2) is 18.2 Å². The second-order valence-corrected chi connectivity index (χ2v) is 4.83. The normalized spacial score (nSPS) is 10.4. The molecule has 0 unspecified atom stereocenters. The van der Waals surface area contributed by atoms with Gasteiger partial charge in [0, 0.05) is 20.2 Å². The predicted molar refractivity (Wildman–Crippen MR) is 74.1 cm³/mol. The molecule has 1 aromatic carbocycles. The van der Waals surface area contributed by atoms with Crippen LogP contribution >= 0.6 is 11.6 Å². The first-order chi connectivity index (χ1) is 8.57. The van der Waals surface area contributed by atoms with E-state index in [9.17, 15) is 4.79 Å². The number of carbonyl (C=O) groups excluding carboxylic acids is 1. The molecule has 0 fully saturated rings. The molecule has 0 aliphatic carbocycles. The van der Waals surface area contributed by atoms with E-state index in [4.69, 9.17) is 16.7 Å². The molecule has 0 aliphatic heterocycles. The van der Waals surface area contributed by atoms with Gasteiger partial charge in [-0.15, -0.1) is 0 Å². The molecule has 0 aliphatic rings. The number of carbonyl (C=O) groups is 1. The van der Waals surface area contributed by atoms with E-state index in [0.717, 1.165) is 24.8 Å². The van der Waals surface area contributed by atoms with E-state index < -0.39 is 0 Å². The third-order valence-electron chi connectivity index (χ3n) is 2.92. The van der Waals surface area contributed by atoms with Gasteiger partial charge in [0.1, 0.15) is 0 Å². The van der Waals surface area contributed by atoms with Crippen LogP contribution in [0, 0.1) is 6.92 Å². The Kier molecular flexibility index (Phi) is 6.16. The topological polar surface area (TPSA) is 40.5 Å². The first-order valence-electron chi connectivity index (χ1n) is 6.19. The van der Waals surface area contributed by atoms with Crippen LogP contribution in [0.2, 0.25) is 5.02 Å². The van der Waals surface area contributed by atoms with Crippen molar-refractivity contribution in [2.75, 3.05) is 20.2 Å². The number of aliphatic hydroxyl groups excluding tert-OH is 1. The lowest BCUT2D eigenvalue weighted by molar-refractivity contribution is 0.0792. The molecule has 0 aromatic heterocycles. The van der Waals surface area contributed by atoms with E-state index in [-0.39, 0.29) is 12.5 Å². The summed E-state index contributed by atoms with van der Waals surface area (Å²) in [5.74, 6) is -0.0484. The predicted octanol–water partition coefficient (Wildman–Crippen LogP) is 2.88. The van der Waals surface area contributed by atoms with Crippen molar-refractivity contribution in [2.24, 2.45) is 0 Å². The number of nitrogens with zero attached hydrogens (tertiary/aromatic N) is 1. The monoisotopic (exact) mass is 269 g/mol. The molecule has 0 bridgehead atoms. The molecule has 0 atom stereocenters. The van der Waals surface area contributed by atoms with Gasteiger partial charge in [0.2, 0.25) is 0 Å². The Bertz CT molecular complexity index is 407. The summed E-state index contributed by atoms with van der Waals surface area (Å²) in [6.45, 7) is 2.78. The van der Waals surface area contributed by atoms with E-state index in [1.807, 2.05) is 19.1 Å². The summed E-state index contributed by atoms with van der Waals surface area (Å²) < 4.78 is 0. The fourth-order valence-electron chi connectivity index (χ4n) is 1.76. The average Bonchev–Trinajstić information content (AvgIpc) is 2.37. The van der Waals surface area contributed by atoms with Gasteiger partial charge in [-0.1, -0.05) is 23.7 Å². The summed E-state index contributed by atoms with van der Waals surface area (Å²) >= 11 is 6.14. The van der Waals surface area contributed by atoms with Crippen molar-refractivity contribution in [1.82, 2.24) is 4.90 Å². The Hall–Kier alpha value is -1.06. The summed E-state index contributed by atoms with van der Waals surface area (Å²) in [6.07, 6.45) is 2.61. The summed E-state index contributed by atoms with van der Waals surface area (Å²) in [7, 11) is 1.78. The summed E-state index contributed by atoms with van der Waals surface area (Å²) in [5, 5.41) is 9.22. The van der Waals surface area contributed by atoms with Gasteiger partial charge in [0.15, 0.2) is 0 Å². The zero-order valence-corrected chi connectivity index (χ0v) is 11.7. The molecule has 0 heterocycles. The highest BCUT2D eigenvalue weighted by molar-refractivity contribution is 6.34. The summed E-state index contributed by atoms with van der Waals surface area (Å²) in [4.78, 5) is 13.9. The fraction of sp³-hybridized carbons (Fsp3) is 0.500. The Morgan fingerprint density at radius 1 is 1.33 bits per heavy atom. The number of unbranched alkanes of at least 4 members (excludes halogenated alkanes) is 2. The lowest BCUT2D eigenvalue weighted by Gasteiger charge is -2.18. The van der Waals surface area contributed by atoms with Gasteiger partial charge in [-0.25, -0.2) is 0 Å². The Morgan fingerprint density at radius 3 is 2.72 bits per heavy atom. The van der Waals surface area contributed by atoms with Crippen LogP contribution in [0.3, 0.4) is 0 Å². The number of halogens is 1. The van der Waals surface area contributed by atoms with E-state index in [2.05, 4.69) is 0 Å². The van der Waals surface area contributed by atoms with Gasteiger partial charge in [-0.2, -0.15) is 0 Å². The number of benzene rings is 1. The lowest BCUT2D eigenvalue weighted by Crippen LogP contribution is -2.28. The second-order valence-electron chi connectivity index (χ2n) is 4.45. The molecule has 1 N–H and O–H groups in total. The molecule has 18 heavy (non-hydrogen) atoms. The maximum absolute atomic E-state index is 12.2. The quantitative estimate of drug-likeness (QED) is 0.807. The number of amides is 1. The largest absolute Gasteiger partial charge is 0.396 e. The standard InChI is InChI=1S/C14H20ClNO2/c1-11-7-6-8-12(13(11)15)14(18)16(2)9-4-3-5-10-17/h6-8,17H,3-5,9-10H2,1-2H3. The van der Waals surface area contributed by atoms with Gasteiger partial charge in [-0.05, 0) is 37.8 Å². The van der Waals surface area contributed by atoms with Gasteiger partial charge in [0.25, 0.3) is 5.91 Å². The number of hydrogen-bond acceptors (Lipinski definition) is 2. The molecule has 1 amide bonds. The van der Waals surface area contributed by atoms with Crippen LogP contribution in [-0.4, -0.2) is 36.1 Å². The average molecular weight is 270 g/mol. The molecule has 4 heteroatoms. The molecule has 0 radical (unpaired) electrons. The van der Waals surface area contributed by atoms with E-state index >= 15 is 0 Å². The van der Waals surface area contributed by atoms with Crippen molar-refractivity contribution >= 4 is 17.5 Å². The van der Waals surface area contributed by atoms with Crippen LogP contribution in [0.4, 0.5) is 0 Å². The van der Waals surface area contributed by atoms with Crippen LogP contribution in [0.25, 0.3) is 0 Å². The molecular formula is C14H20ClNO2. The highest BCUT2D eigenvalue weighted by Crippen LogP contribution is 2.21. The molecule has 3 nitrogen and oxygen atoms in total. The van der Waals surface area contributed by atoms with Crippen molar-refractivity contribution in [1.29, 1.82) is 0 Å². The number of aliphatic hydroxyl groups is 1. The van der Waals surface area contributed by atoms with Crippen molar-refractivity contribution in [3.63, 3.8) is 0 Å². The zero-order chi connectivity index (χ0) is 13.5. The Balaban J connectivity index is 2.60. The summed E-state index contributed by atoms with van der Waals surface area (Å²) in [6, 6.07) is 5.48. The number of aryl methyl sites for hydroxylation is 1. The van der Waals surface area contributed by atoms with E-state index in [0.29, 0.717) is 17.1 Å². The fourth-order valence-corrected chi connectivity index (χ4v) is 1.96. The van der Waals surface area contributed by atoms with Crippen molar-refractivity contribution < 1.29 is 9.90 Å². The number of hydrogen-bond donors (Lipinski definition) is 1. The highest BCUT2D eigenvalue weighted by Gasteiger charge is 2.15. The highest BCUT2D eigenvalue weighted by atomic mass is 35.5. The first kappa shape index (κ1) is 15.0. The smallest absolute Gasteiger partial charge is 0.255 e. The molecule has 0 spiro atoms. The maximum Gasteiger partial charge on any atom is 0.255 e. The van der Waals surface area contributed by atoms with E-state index in [1.165, 1.54) is 0 Å². The van der Waals surface area contributed by atoms with E-state index in [1.54, 1.807) is 18.0 Å². The van der Waals surface area contributed by atoms with Crippen molar-refractivity contribution in [3.05, 3.63) is 34.3 Å². The Morgan fingerprint density at radius 2 is 2.06 bits per heavy atom. The second kappa shape index (κ2) is 7.39. The molecule has 0 saturated heterocycles. The Labute approximate surface area is 113 Å². The minimum absolute atomic E-state index is 0.0484. The number of rotatable bonds is 6. The third kappa shape index (κ3) is 4.00. The van der Waals surface area contributed by atoms with Crippen LogP contribution in [-0.2, 0) is 0 Å². The third-order valence-corrected chi connectivity index (χ3v) is 3.42. The minimum Gasteiger partial charge on any atom is -0.396 e. The molecule has 1 rings (SSSR count). The first-order valence-corrected chi connectivity index (χ1v) is 6.57. The van der Waals surface area contributed by atoms with Gasteiger partial charge in [-0.3, -0.25) is 4.79 Å². The minimum atomic E-state index is -0.0484. The van der Waals surface area contributed by atoms with Crippen molar-refractivity contribution in [3.8, 4) is 0 Å². The molecule has 1 aromatic rings. The summed E-state index contributed by atoms with van der Waals surface area (Å²) in [5.41, 5.74) is 1.47. The zero-order valence-electron chi connectivity index (χ0n) is 10.9. The van der Waals surface area contributed by atoms with Crippen molar-refractivity contribution in [2.45, 2.75) is 26.2 Å². The van der Waals surface area contributed by atoms with Gasteiger partial charge in [0.05, 0.1) is 10.6 Å². The molecular weight excluding hydrogens is 250 g/mol. The van der Waals surface area contributed by atoms with Gasteiger partial charge >= 0.3 is 0 Å². The van der Waals surface area contributed by atoms with Crippen LogP contribution < -0.4 is 0 Å². The molecule has 100 valence electrons. The van der Waals surface area contributed by atoms with Crippen LogP contribution in [0.5, 0.6) is 0 Å². The van der Waals surface area contributed by atoms with Gasteiger partial charge < -0.3 is 10.0 Å². The maximum atomic E-state index is 12.2. The van der Waals surface area contributed by atoms with Crippen LogP contribution in [0.1, 0.15) is 35.2 Å².